The first-order valence-electron chi connectivity index (χ1n) is 13.1. The van der Waals surface area contributed by atoms with Crippen LogP contribution in [0, 0.1) is 0 Å². The van der Waals surface area contributed by atoms with Gasteiger partial charge in [0.15, 0.2) is 6.61 Å². The summed E-state index contributed by atoms with van der Waals surface area (Å²) in [5.41, 5.74) is 0.488. The van der Waals surface area contributed by atoms with E-state index in [0.717, 1.165) is 55.7 Å². The number of rotatable bonds is 8. The largest absolute Gasteiger partial charge is 0.452 e. The topological polar surface area (TPSA) is 84.0 Å². The molecule has 2 fully saturated rings. The zero-order valence-corrected chi connectivity index (χ0v) is 22.8. The number of benzene rings is 2. The van der Waals surface area contributed by atoms with Gasteiger partial charge in [0.25, 0.3) is 15.9 Å². The molecule has 7 nitrogen and oxygen atoms in total. The van der Waals surface area contributed by atoms with Crippen LogP contribution in [0.3, 0.4) is 0 Å². The van der Waals surface area contributed by atoms with E-state index in [9.17, 15) is 18.0 Å². The fourth-order valence-electron chi connectivity index (χ4n) is 5.46. The number of halogens is 1. The van der Waals surface area contributed by atoms with Crippen LogP contribution in [0.2, 0.25) is 5.02 Å². The number of nitrogens with zero attached hydrogens (tertiary/aromatic N) is 2. The third kappa shape index (κ3) is 6.47. The molecule has 0 N–H and O–H groups in total. The average molecular weight is 547 g/mol. The second-order valence-corrected chi connectivity index (χ2v) is 12.3. The van der Waals surface area contributed by atoms with E-state index in [1.165, 1.54) is 38.1 Å². The first-order valence-corrected chi connectivity index (χ1v) is 14.9. The van der Waals surface area contributed by atoms with Crippen LogP contribution in [0.1, 0.15) is 74.6 Å². The Morgan fingerprint density at radius 3 is 2.03 bits per heavy atom. The van der Waals surface area contributed by atoms with E-state index in [4.69, 9.17) is 16.3 Å². The van der Waals surface area contributed by atoms with Crippen molar-refractivity contribution >= 4 is 39.2 Å². The number of carbonyl (C=O) groups is 2. The Bertz CT molecular complexity index is 1170. The van der Waals surface area contributed by atoms with E-state index in [0.29, 0.717) is 5.69 Å². The van der Waals surface area contributed by atoms with Gasteiger partial charge in [-0.2, -0.15) is 0 Å². The van der Waals surface area contributed by atoms with E-state index < -0.39 is 16.0 Å². The van der Waals surface area contributed by atoms with E-state index in [2.05, 4.69) is 0 Å². The molecule has 200 valence electrons. The van der Waals surface area contributed by atoms with Gasteiger partial charge in [-0.05, 0) is 56.0 Å². The molecule has 1 amide bonds. The summed E-state index contributed by atoms with van der Waals surface area (Å²) in [7, 11) is -2.61. The minimum absolute atomic E-state index is 0.00354. The van der Waals surface area contributed by atoms with Gasteiger partial charge in [0.2, 0.25) is 0 Å². The van der Waals surface area contributed by atoms with Gasteiger partial charge < -0.3 is 9.64 Å². The smallest absolute Gasteiger partial charge is 0.338 e. The van der Waals surface area contributed by atoms with Crippen LogP contribution in [-0.2, 0) is 19.6 Å². The lowest BCUT2D eigenvalue weighted by Gasteiger charge is -2.41. The molecule has 0 radical (unpaired) electrons. The number of hydrogen-bond acceptors (Lipinski definition) is 5. The van der Waals surface area contributed by atoms with Crippen molar-refractivity contribution in [3.63, 3.8) is 0 Å². The number of sulfonamides is 1. The van der Waals surface area contributed by atoms with Crippen molar-refractivity contribution < 1.29 is 22.7 Å². The Morgan fingerprint density at radius 1 is 0.892 bits per heavy atom. The van der Waals surface area contributed by atoms with Gasteiger partial charge in [0.05, 0.1) is 16.3 Å². The van der Waals surface area contributed by atoms with Crippen molar-refractivity contribution in [2.24, 2.45) is 0 Å². The van der Waals surface area contributed by atoms with Gasteiger partial charge in [-0.25, -0.2) is 13.2 Å². The molecule has 0 heterocycles. The summed E-state index contributed by atoms with van der Waals surface area (Å²) in [6.07, 6.45) is 10.8. The third-order valence-corrected chi connectivity index (χ3v) is 9.74. The van der Waals surface area contributed by atoms with Crippen molar-refractivity contribution in [1.29, 1.82) is 0 Å². The summed E-state index contributed by atoms with van der Waals surface area (Å²) < 4.78 is 33.1. The normalized spacial score (nSPS) is 17.2. The standard InChI is InChI=1S/C28H35ClN2O5S/c1-30(22-11-5-2-6-12-22)37(34,35)26-19-21(17-18-25(26)29)28(33)36-20-27(32)31(23-13-7-3-8-14-23)24-15-9-4-10-16-24/h2,5-6,11-12,17-19,23-24H,3-4,7-10,13-16,20H2,1H3. The van der Waals surface area contributed by atoms with E-state index in [1.54, 1.807) is 30.3 Å². The molecule has 2 saturated carbocycles. The molecule has 0 unspecified atom stereocenters. The van der Waals surface area contributed by atoms with Gasteiger partial charge >= 0.3 is 5.97 Å². The molecule has 0 aromatic heterocycles. The molecule has 2 aromatic carbocycles. The molecule has 0 saturated heterocycles. The molecule has 9 heteroatoms. The van der Waals surface area contributed by atoms with Crippen molar-refractivity contribution in [2.45, 2.75) is 81.2 Å². The number of para-hydroxylation sites is 1. The van der Waals surface area contributed by atoms with Crippen LogP contribution in [0.15, 0.2) is 53.4 Å². The van der Waals surface area contributed by atoms with Crippen LogP contribution in [0.25, 0.3) is 0 Å². The fourth-order valence-corrected chi connectivity index (χ4v) is 7.16. The maximum absolute atomic E-state index is 13.3. The highest BCUT2D eigenvalue weighted by Gasteiger charge is 2.33. The van der Waals surface area contributed by atoms with Crippen molar-refractivity contribution in [3.05, 3.63) is 59.1 Å². The maximum Gasteiger partial charge on any atom is 0.338 e. The minimum Gasteiger partial charge on any atom is -0.452 e. The average Bonchev–Trinajstić information content (AvgIpc) is 2.93. The summed E-state index contributed by atoms with van der Waals surface area (Å²) in [6.45, 7) is -0.361. The van der Waals surface area contributed by atoms with Crippen molar-refractivity contribution in [1.82, 2.24) is 4.90 Å². The van der Waals surface area contributed by atoms with Crippen LogP contribution in [0.4, 0.5) is 5.69 Å². The van der Waals surface area contributed by atoms with Gasteiger partial charge in [0.1, 0.15) is 4.90 Å². The number of amides is 1. The van der Waals surface area contributed by atoms with Crippen molar-refractivity contribution in [2.75, 3.05) is 18.0 Å². The second-order valence-electron chi connectivity index (χ2n) is 9.91. The summed E-state index contributed by atoms with van der Waals surface area (Å²) in [6, 6.07) is 13.0. The molecular formula is C28H35ClN2O5S. The summed E-state index contributed by atoms with van der Waals surface area (Å²) in [5.74, 6) is -0.922. The second kappa shape index (κ2) is 12.3. The highest BCUT2D eigenvalue weighted by Crippen LogP contribution is 2.31. The first-order chi connectivity index (χ1) is 17.8. The Kier molecular flexibility index (Phi) is 9.13. The summed E-state index contributed by atoms with van der Waals surface area (Å²) in [4.78, 5) is 28.0. The van der Waals surface area contributed by atoms with Crippen molar-refractivity contribution in [3.8, 4) is 0 Å². The number of anilines is 1. The molecule has 2 aliphatic rings. The number of carbonyl (C=O) groups excluding carboxylic acids is 2. The molecular weight excluding hydrogens is 512 g/mol. The van der Waals surface area contributed by atoms with E-state index in [1.807, 2.05) is 4.90 Å². The molecule has 4 rings (SSSR count). The Hall–Kier alpha value is -2.58. The molecule has 2 aliphatic carbocycles. The number of ether oxygens (including phenoxy) is 1. The number of hydrogen-bond donors (Lipinski definition) is 0. The fraction of sp³-hybridized carbons (Fsp3) is 0.500. The molecule has 0 aliphatic heterocycles. The molecule has 0 bridgehead atoms. The quantitative estimate of drug-likeness (QED) is 0.390. The van der Waals surface area contributed by atoms with E-state index in [-0.39, 0.29) is 40.1 Å². The molecule has 0 spiro atoms. The summed E-state index contributed by atoms with van der Waals surface area (Å²) in [5, 5.41) is -0.00354. The number of esters is 1. The monoisotopic (exact) mass is 546 g/mol. The van der Waals surface area contributed by atoms with E-state index >= 15 is 0 Å². The first kappa shape index (κ1) is 27.5. The highest BCUT2D eigenvalue weighted by molar-refractivity contribution is 7.93. The Morgan fingerprint density at radius 2 is 1.46 bits per heavy atom. The Labute approximate surface area is 224 Å². The summed E-state index contributed by atoms with van der Waals surface area (Å²) >= 11 is 6.24. The lowest BCUT2D eigenvalue weighted by Crippen LogP contribution is -2.50. The zero-order chi connectivity index (χ0) is 26.4. The minimum atomic E-state index is -4.03. The predicted molar refractivity (Wildman–Crippen MR) is 144 cm³/mol. The Balaban J connectivity index is 1.48. The maximum atomic E-state index is 13.3. The molecule has 0 atom stereocenters. The van der Waals surface area contributed by atoms with Crippen LogP contribution in [0.5, 0.6) is 0 Å². The van der Waals surface area contributed by atoms with Gasteiger partial charge in [0, 0.05) is 19.1 Å². The van der Waals surface area contributed by atoms with Crippen LogP contribution in [-0.4, -0.2) is 50.9 Å². The van der Waals surface area contributed by atoms with Crippen LogP contribution < -0.4 is 4.31 Å². The van der Waals surface area contributed by atoms with Gasteiger partial charge in [-0.15, -0.1) is 0 Å². The van der Waals surface area contributed by atoms with Gasteiger partial charge in [-0.1, -0.05) is 68.3 Å². The third-order valence-electron chi connectivity index (χ3n) is 7.48. The molecule has 37 heavy (non-hydrogen) atoms. The highest BCUT2D eigenvalue weighted by atomic mass is 35.5. The predicted octanol–water partition coefficient (Wildman–Crippen LogP) is 5.82. The lowest BCUT2D eigenvalue weighted by atomic mass is 9.88. The zero-order valence-electron chi connectivity index (χ0n) is 21.3. The van der Waals surface area contributed by atoms with Crippen LogP contribution >= 0.6 is 11.6 Å². The SMILES string of the molecule is CN(c1ccccc1)S(=O)(=O)c1cc(C(=O)OCC(=O)N(C2CCCCC2)C2CCCCC2)ccc1Cl. The lowest BCUT2D eigenvalue weighted by molar-refractivity contribution is -0.141. The molecule has 2 aromatic rings. The van der Waals surface area contributed by atoms with Gasteiger partial charge in [-0.3, -0.25) is 9.10 Å².